The van der Waals surface area contributed by atoms with Crippen LogP contribution < -0.4 is 0 Å². The second kappa shape index (κ2) is 3.58. The number of carbonyl (C=O) groups excluding carboxylic acids is 1. The van der Waals surface area contributed by atoms with Gasteiger partial charge >= 0.3 is 0 Å². The Bertz CT molecular complexity index is 390. The first kappa shape index (κ1) is 10.4. The minimum absolute atomic E-state index is 0.148. The van der Waals surface area contributed by atoms with Gasteiger partial charge in [-0.05, 0) is 13.8 Å². The maximum atomic E-state index is 11.2. The fourth-order valence-electron chi connectivity index (χ4n) is 1.08. The standard InChI is InChI=1S/C9H12N4O/c1-7(14)9(2,6-10)4-8-5-13(3)12-11-8/h5H,4H2,1-3H3. The molecule has 0 aliphatic carbocycles. The third-order valence-corrected chi connectivity index (χ3v) is 2.21. The summed E-state index contributed by atoms with van der Waals surface area (Å²) in [5.74, 6) is -0.148. The van der Waals surface area contributed by atoms with Crippen LogP contribution in [-0.2, 0) is 18.3 Å². The summed E-state index contributed by atoms with van der Waals surface area (Å²) in [4.78, 5) is 11.2. The zero-order chi connectivity index (χ0) is 10.8. The molecule has 1 heterocycles. The van der Waals surface area contributed by atoms with Crippen LogP contribution in [0.2, 0.25) is 0 Å². The third kappa shape index (κ3) is 1.96. The lowest BCUT2D eigenvalue weighted by atomic mass is 9.83. The Kier molecular flexibility index (Phi) is 2.65. The minimum Gasteiger partial charge on any atom is -0.298 e. The second-order valence-electron chi connectivity index (χ2n) is 3.56. The van der Waals surface area contributed by atoms with Gasteiger partial charge in [0.1, 0.15) is 11.2 Å². The van der Waals surface area contributed by atoms with Gasteiger partial charge < -0.3 is 0 Å². The Balaban J connectivity index is 2.87. The highest BCUT2D eigenvalue weighted by Gasteiger charge is 2.31. The Morgan fingerprint density at radius 3 is 2.79 bits per heavy atom. The van der Waals surface area contributed by atoms with Gasteiger partial charge in [-0.2, -0.15) is 5.26 Å². The largest absolute Gasteiger partial charge is 0.298 e. The molecule has 0 saturated heterocycles. The second-order valence-corrected chi connectivity index (χ2v) is 3.56. The first-order valence-corrected chi connectivity index (χ1v) is 4.25. The van der Waals surface area contributed by atoms with Crippen LogP contribution in [0, 0.1) is 16.7 Å². The lowest BCUT2D eigenvalue weighted by Crippen LogP contribution is -2.26. The summed E-state index contributed by atoms with van der Waals surface area (Å²) in [5.41, 5.74) is -0.331. The van der Waals surface area contributed by atoms with Crippen LogP contribution >= 0.6 is 0 Å². The Labute approximate surface area is 82.3 Å². The normalized spacial score (nSPS) is 14.4. The van der Waals surface area contributed by atoms with E-state index in [-0.39, 0.29) is 5.78 Å². The van der Waals surface area contributed by atoms with E-state index in [1.807, 2.05) is 6.07 Å². The van der Waals surface area contributed by atoms with Crippen molar-refractivity contribution in [3.05, 3.63) is 11.9 Å². The molecule has 0 bridgehead atoms. The first-order valence-electron chi connectivity index (χ1n) is 4.25. The number of aromatic nitrogens is 3. The van der Waals surface area contributed by atoms with Crippen molar-refractivity contribution in [3.8, 4) is 6.07 Å². The van der Waals surface area contributed by atoms with Crippen LogP contribution in [0.5, 0.6) is 0 Å². The van der Waals surface area contributed by atoms with Crippen LogP contribution in [0.1, 0.15) is 19.5 Å². The van der Waals surface area contributed by atoms with E-state index < -0.39 is 5.41 Å². The Hall–Kier alpha value is -1.70. The molecule has 0 radical (unpaired) electrons. The van der Waals surface area contributed by atoms with Gasteiger partial charge in [-0.1, -0.05) is 5.21 Å². The predicted molar refractivity (Wildman–Crippen MR) is 49.1 cm³/mol. The molecule has 1 aromatic rings. The molecule has 0 spiro atoms. The summed E-state index contributed by atoms with van der Waals surface area (Å²) in [6.07, 6.45) is 2.02. The van der Waals surface area contributed by atoms with Crippen molar-refractivity contribution >= 4 is 5.78 Å². The van der Waals surface area contributed by atoms with Crippen LogP contribution in [0.15, 0.2) is 6.20 Å². The highest BCUT2D eigenvalue weighted by atomic mass is 16.1. The molecule has 0 aliphatic heterocycles. The molecule has 1 unspecified atom stereocenters. The summed E-state index contributed by atoms with van der Waals surface area (Å²) in [6, 6.07) is 2.01. The van der Waals surface area contributed by atoms with Crippen molar-refractivity contribution in [1.29, 1.82) is 5.26 Å². The van der Waals surface area contributed by atoms with Crippen LogP contribution in [-0.4, -0.2) is 20.8 Å². The van der Waals surface area contributed by atoms with E-state index in [0.717, 1.165) is 0 Å². The van der Waals surface area contributed by atoms with Crippen molar-refractivity contribution in [1.82, 2.24) is 15.0 Å². The monoisotopic (exact) mass is 192 g/mol. The molecule has 0 aromatic carbocycles. The van der Waals surface area contributed by atoms with Crippen molar-refractivity contribution in [3.63, 3.8) is 0 Å². The molecule has 0 fully saturated rings. The summed E-state index contributed by atoms with van der Waals surface area (Å²) in [6.45, 7) is 3.03. The summed E-state index contributed by atoms with van der Waals surface area (Å²) >= 11 is 0. The van der Waals surface area contributed by atoms with Crippen molar-refractivity contribution in [2.24, 2.45) is 12.5 Å². The van der Waals surface area contributed by atoms with E-state index in [1.165, 1.54) is 6.92 Å². The Morgan fingerprint density at radius 1 is 1.79 bits per heavy atom. The molecule has 74 valence electrons. The number of Topliss-reactive ketones (excluding diaryl/α,β-unsaturated/α-hetero) is 1. The van der Waals surface area contributed by atoms with Crippen molar-refractivity contribution in [2.75, 3.05) is 0 Å². The molecule has 5 nitrogen and oxygen atoms in total. The molecule has 5 heteroatoms. The predicted octanol–water partition coefficient (Wildman–Crippen LogP) is 0.476. The number of aryl methyl sites for hydroxylation is 1. The van der Waals surface area contributed by atoms with Gasteiger partial charge in [-0.15, -0.1) is 5.10 Å². The van der Waals surface area contributed by atoms with Crippen LogP contribution in [0.25, 0.3) is 0 Å². The topological polar surface area (TPSA) is 71.6 Å². The van der Waals surface area contributed by atoms with Crippen molar-refractivity contribution < 1.29 is 4.79 Å². The number of hydrogen-bond donors (Lipinski definition) is 0. The number of nitrogens with zero attached hydrogens (tertiary/aromatic N) is 4. The van der Waals surface area contributed by atoms with E-state index in [1.54, 1.807) is 24.9 Å². The zero-order valence-corrected chi connectivity index (χ0v) is 8.48. The first-order chi connectivity index (χ1) is 6.48. The van der Waals surface area contributed by atoms with E-state index in [0.29, 0.717) is 12.1 Å². The lowest BCUT2D eigenvalue weighted by Gasteiger charge is -2.15. The van der Waals surface area contributed by atoms with E-state index in [4.69, 9.17) is 5.26 Å². The van der Waals surface area contributed by atoms with Gasteiger partial charge in [0.2, 0.25) is 0 Å². The maximum absolute atomic E-state index is 11.2. The molecule has 1 rings (SSSR count). The summed E-state index contributed by atoms with van der Waals surface area (Å²) in [7, 11) is 1.74. The summed E-state index contributed by atoms with van der Waals surface area (Å²) in [5, 5.41) is 16.5. The Morgan fingerprint density at radius 2 is 2.43 bits per heavy atom. The minimum atomic E-state index is -0.990. The van der Waals surface area contributed by atoms with Gasteiger partial charge in [0.15, 0.2) is 0 Å². The van der Waals surface area contributed by atoms with Gasteiger partial charge in [0.05, 0.1) is 11.8 Å². The fraction of sp³-hybridized carbons (Fsp3) is 0.556. The average Bonchev–Trinajstić information content (AvgIpc) is 2.50. The zero-order valence-electron chi connectivity index (χ0n) is 8.48. The quantitative estimate of drug-likeness (QED) is 0.698. The van der Waals surface area contributed by atoms with Crippen LogP contribution in [0.3, 0.4) is 0 Å². The number of hydrogen-bond acceptors (Lipinski definition) is 4. The average molecular weight is 192 g/mol. The van der Waals surface area contributed by atoms with Gasteiger partial charge in [-0.3, -0.25) is 9.48 Å². The molecule has 0 saturated carbocycles. The van der Waals surface area contributed by atoms with Crippen molar-refractivity contribution in [2.45, 2.75) is 20.3 Å². The number of rotatable bonds is 3. The molecule has 1 aromatic heterocycles. The highest BCUT2D eigenvalue weighted by Crippen LogP contribution is 2.21. The van der Waals surface area contributed by atoms with Gasteiger partial charge in [0.25, 0.3) is 0 Å². The molecular weight excluding hydrogens is 180 g/mol. The van der Waals surface area contributed by atoms with Gasteiger partial charge in [-0.25, -0.2) is 0 Å². The van der Waals surface area contributed by atoms with E-state index in [2.05, 4.69) is 10.3 Å². The molecule has 14 heavy (non-hydrogen) atoms. The van der Waals surface area contributed by atoms with Gasteiger partial charge in [0, 0.05) is 19.7 Å². The smallest absolute Gasteiger partial charge is 0.150 e. The molecule has 0 N–H and O–H groups in total. The SMILES string of the molecule is CC(=O)C(C)(C#N)Cc1cn(C)nn1. The number of ketones is 1. The lowest BCUT2D eigenvalue weighted by molar-refractivity contribution is -0.123. The summed E-state index contributed by atoms with van der Waals surface area (Å²) < 4.78 is 1.55. The van der Waals surface area contributed by atoms with Crippen LogP contribution in [0.4, 0.5) is 0 Å². The van der Waals surface area contributed by atoms with E-state index in [9.17, 15) is 4.79 Å². The fourth-order valence-corrected chi connectivity index (χ4v) is 1.08. The maximum Gasteiger partial charge on any atom is 0.150 e. The number of carbonyl (C=O) groups is 1. The molecule has 1 atom stereocenters. The molecule has 0 aliphatic rings. The number of nitriles is 1. The van der Waals surface area contributed by atoms with E-state index >= 15 is 0 Å². The highest BCUT2D eigenvalue weighted by molar-refractivity contribution is 5.84. The molecular formula is C9H12N4O. The third-order valence-electron chi connectivity index (χ3n) is 2.21. The molecule has 0 amide bonds.